The maximum Gasteiger partial charge on any atom is 0.138 e. The summed E-state index contributed by atoms with van der Waals surface area (Å²) in [5.41, 5.74) is 1.11. The molecule has 100 valence electrons. The zero-order valence-electron chi connectivity index (χ0n) is 11.5. The highest BCUT2D eigenvalue weighted by Gasteiger charge is 2.17. The van der Waals surface area contributed by atoms with Gasteiger partial charge in [-0.2, -0.15) is 0 Å². The van der Waals surface area contributed by atoms with E-state index in [1.54, 1.807) is 0 Å². The molecule has 0 spiro atoms. The lowest BCUT2D eigenvalue weighted by Crippen LogP contribution is -2.21. The molecule has 1 heterocycles. The van der Waals surface area contributed by atoms with Gasteiger partial charge in [0.15, 0.2) is 0 Å². The van der Waals surface area contributed by atoms with Gasteiger partial charge in [0.25, 0.3) is 0 Å². The molecule has 1 aromatic rings. The van der Waals surface area contributed by atoms with Crippen LogP contribution in [0.2, 0.25) is 0 Å². The lowest BCUT2D eigenvalue weighted by molar-refractivity contribution is 0.209. The van der Waals surface area contributed by atoms with Crippen molar-refractivity contribution in [2.24, 2.45) is 0 Å². The van der Waals surface area contributed by atoms with Gasteiger partial charge in [-0.05, 0) is 50.8 Å². The van der Waals surface area contributed by atoms with Crippen molar-refractivity contribution in [2.75, 3.05) is 6.54 Å². The largest absolute Gasteiger partial charge is 0.489 e. The molecular weight excluding hydrogens is 224 g/mol. The Morgan fingerprint density at radius 3 is 2.67 bits per heavy atom. The molecule has 1 atom stereocenters. The summed E-state index contributed by atoms with van der Waals surface area (Å²) >= 11 is 0. The summed E-state index contributed by atoms with van der Waals surface area (Å²) in [6.45, 7) is 5.28. The van der Waals surface area contributed by atoms with E-state index in [-0.39, 0.29) is 0 Å². The van der Waals surface area contributed by atoms with Crippen LogP contribution in [0.25, 0.3) is 0 Å². The number of pyridine rings is 1. The van der Waals surface area contributed by atoms with E-state index in [9.17, 15) is 0 Å². The standard InChI is InChI=1S/C15H24N2O/c1-3-14(16-4-2)15-10-9-13(11-17-15)18-12-7-5-6-8-12/h9-12,14,16H,3-8H2,1-2H3. The number of rotatable bonds is 6. The van der Waals surface area contributed by atoms with Crippen molar-refractivity contribution in [2.45, 2.75) is 58.1 Å². The van der Waals surface area contributed by atoms with Gasteiger partial charge in [-0.1, -0.05) is 13.8 Å². The van der Waals surface area contributed by atoms with Crippen molar-refractivity contribution in [1.29, 1.82) is 0 Å². The van der Waals surface area contributed by atoms with Crippen LogP contribution >= 0.6 is 0 Å². The summed E-state index contributed by atoms with van der Waals surface area (Å²) in [6, 6.07) is 4.50. The van der Waals surface area contributed by atoms with Gasteiger partial charge in [0.1, 0.15) is 5.75 Å². The predicted molar refractivity (Wildman–Crippen MR) is 73.8 cm³/mol. The van der Waals surface area contributed by atoms with Crippen LogP contribution < -0.4 is 10.1 Å². The fraction of sp³-hybridized carbons (Fsp3) is 0.667. The molecule has 0 saturated heterocycles. The molecule has 0 bridgehead atoms. The second kappa shape index (κ2) is 6.74. The Morgan fingerprint density at radius 1 is 1.33 bits per heavy atom. The summed E-state index contributed by atoms with van der Waals surface area (Å²) in [4.78, 5) is 4.52. The highest BCUT2D eigenvalue weighted by molar-refractivity contribution is 5.22. The molecule has 1 aliphatic rings. The highest BCUT2D eigenvalue weighted by Crippen LogP contribution is 2.24. The van der Waals surface area contributed by atoms with Crippen LogP contribution in [0.5, 0.6) is 5.75 Å². The molecule has 18 heavy (non-hydrogen) atoms. The molecule has 1 saturated carbocycles. The maximum absolute atomic E-state index is 5.92. The molecule has 3 nitrogen and oxygen atoms in total. The van der Waals surface area contributed by atoms with Gasteiger partial charge in [0, 0.05) is 6.04 Å². The Kier molecular flexibility index (Phi) is 5.00. The minimum atomic E-state index is 0.357. The first-order chi connectivity index (χ1) is 8.83. The van der Waals surface area contributed by atoms with Gasteiger partial charge >= 0.3 is 0 Å². The van der Waals surface area contributed by atoms with Gasteiger partial charge in [-0.3, -0.25) is 4.98 Å². The number of nitrogens with zero attached hydrogens (tertiary/aromatic N) is 1. The Hall–Kier alpha value is -1.09. The molecule has 1 aliphatic carbocycles. The van der Waals surface area contributed by atoms with Gasteiger partial charge < -0.3 is 10.1 Å². The Bertz CT molecular complexity index is 344. The summed E-state index contributed by atoms with van der Waals surface area (Å²) < 4.78 is 5.92. The second-order valence-corrected chi connectivity index (χ2v) is 4.96. The molecule has 0 amide bonds. The third-order valence-electron chi connectivity index (χ3n) is 3.58. The van der Waals surface area contributed by atoms with Crippen LogP contribution in [0.4, 0.5) is 0 Å². The fourth-order valence-electron chi connectivity index (χ4n) is 2.57. The smallest absolute Gasteiger partial charge is 0.138 e. The summed E-state index contributed by atoms with van der Waals surface area (Å²) in [5, 5.41) is 3.44. The first-order valence-corrected chi connectivity index (χ1v) is 7.19. The monoisotopic (exact) mass is 248 g/mol. The van der Waals surface area contributed by atoms with E-state index in [0.29, 0.717) is 12.1 Å². The van der Waals surface area contributed by atoms with Crippen LogP contribution in [-0.4, -0.2) is 17.6 Å². The van der Waals surface area contributed by atoms with Crippen LogP contribution in [0.15, 0.2) is 18.3 Å². The SMILES string of the molecule is CCNC(CC)c1ccc(OC2CCCC2)cn1. The zero-order chi connectivity index (χ0) is 12.8. The third-order valence-corrected chi connectivity index (χ3v) is 3.58. The molecular formula is C15H24N2O. The van der Waals surface area contributed by atoms with Crippen LogP contribution in [0.3, 0.4) is 0 Å². The van der Waals surface area contributed by atoms with E-state index in [0.717, 1.165) is 24.4 Å². The van der Waals surface area contributed by atoms with Crippen molar-refractivity contribution in [1.82, 2.24) is 10.3 Å². The lowest BCUT2D eigenvalue weighted by atomic mass is 10.1. The molecule has 1 aromatic heterocycles. The van der Waals surface area contributed by atoms with Crippen molar-refractivity contribution >= 4 is 0 Å². The maximum atomic E-state index is 5.92. The summed E-state index contributed by atoms with van der Waals surface area (Å²) in [5.74, 6) is 0.914. The number of aromatic nitrogens is 1. The summed E-state index contributed by atoms with van der Waals surface area (Å²) in [6.07, 6.45) is 8.32. The minimum Gasteiger partial charge on any atom is -0.489 e. The molecule has 3 heteroatoms. The van der Waals surface area contributed by atoms with Crippen molar-refractivity contribution in [3.63, 3.8) is 0 Å². The Morgan fingerprint density at radius 2 is 2.11 bits per heavy atom. The molecule has 1 unspecified atom stereocenters. The highest BCUT2D eigenvalue weighted by atomic mass is 16.5. The van der Waals surface area contributed by atoms with Crippen molar-refractivity contribution < 1.29 is 4.74 Å². The van der Waals surface area contributed by atoms with E-state index in [4.69, 9.17) is 4.74 Å². The van der Waals surface area contributed by atoms with E-state index in [2.05, 4.69) is 36.3 Å². The summed E-state index contributed by atoms with van der Waals surface area (Å²) in [7, 11) is 0. The molecule has 0 aliphatic heterocycles. The van der Waals surface area contributed by atoms with Gasteiger partial charge in [-0.25, -0.2) is 0 Å². The van der Waals surface area contributed by atoms with Gasteiger partial charge in [-0.15, -0.1) is 0 Å². The van der Waals surface area contributed by atoms with E-state index in [1.807, 2.05) is 6.20 Å². The van der Waals surface area contributed by atoms with E-state index < -0.39 is 0 Å². The first kappa shape index (κ1) is 13.3. The van der Waals surface area contributed by atoms with E-state index in [1.165, 1.54) is 25.7 Å². The second-order valence-electron chi connectivity index (χ2n) is 4.96. The Balaban J connectivity index is 1.95. The molecule has 1 N–H and O–H groups in total. The topological polar surface area (TPSA) is 34.1 Å². The molecule has 2 rings (SSSR count). The van der Waals surface area contributed by atoms with Crippen molar-refractivity contribution in [3.05, 3.63) is 24.0 Å². The minimum absolute atomic E-state index is 0.357. The Labute approximate surface area is 110 Å². The van der Waals surface area contributed by atoms with Crippen molar-refractivity contribution in [3.8, 4) is 5.75 Å². The first-order valence-electron chi connectivity index (χ1n) is 7.19. The predicted octanol–water partition coefficient (Wildman–Crippen LogP) is 3.46. The zero-order valence-corrected chi connectivity index (χ0v) is 11.5. The number of hydrogen-bond acceptors (Lipinski definition) is 3. The average Bonchev–Trinajstić information content (AvgIpc) is 2.90. The number of ether oxygens (including phenoxy) is 1. The number of hydrogen-bond donors (Lipinski definition) is 1. The van der Waals surface area contributed by atoms with Gasteiger partial charge in [0.2, 0.25) is 0 Å². The third kappa shape index (κ3) is 3.45. The van der Waals surface area contributed by atoms with Crippen LogP contribution in [0.1, 0.15) is 57.7 Å². The molecule has 1 fully saturated rings. The van der Waals surface area contributed by atoms with Crippen LogP contribution in [0, 0.1) is 0 Å². The fourth-order valence-corrected chi connectivity index (χ4v) is 2.57. The quantitative estimate of drug-likeness (QED) is 0.837. The molecule has 0 aromatic carbocycles. The van der Waals surface area contributed by atoms with Crippen LogP contribution in [-0.2, 0) is 0 Å². The van der Waals surface area contributed by atoms with E-state index >= 15 is 0 Å². The average molecular weight is 248 g/mol. The normalized spacial score (nSPS) is 17.9. The van der Waals surface area contributed by atoms with Gasteiger partial charge in [0.05, 0.1) is 18.0 Å². The lowest BCUT2D eigenvalue weighted by Gasteiger charge is -2.16. The number of nitrogens with one attached hydrogen (secondary N) is 1. The molecule has 0 radical (unpaired) electrons.